The van der Waals surface area contributed by atoms with Crippen LogP contribution in [0.1, 0.15) is 0 Å². The van der Waals surface area contributed by atoms with Gasteiger partial charge < -0.3 is 0 Å². The number of non-ortho nitro benzene ring substituents is 1. The Labute approximate surface area is 97.0 Å². The molecule has 0 fully saturated rings. The van der Waals surface area contributed by atoms with E-state index < -0.39 is 12.7 Å². The molecule has 0 bridgehead atoms. The van der Waals surface area contributed by atoms with Crippen LogP contribution in [0.3, 0.4) is 0 Å². The fraction of sp³-hybridized carbons (Fsp3) is 0.250. The lowest BCUT2D eigenvalue weighted by Crippen LogP contribution is -1.85. The van der Waals surface area contributed by atoms with Gasteiger partial charge in [-0.3, -0.25) is 19.2 Å². The van der Waals surface area contributed by atoms with Crippen LogP contribution in [0.4, 0.5) is 11.4 Å². The Morgan fingerprint density at radius 2 is 1.76 bits per heavy atom. The molecule has 8 nitrogen and oxygen atoms in total. The second kappa shape index (κ2) is 5.62. The number of nitro benzene ring substituents is 1. The molecule has 0 aliphatic carbocycles. The predicted molar refractivity (Wildman–Crippen MR) is 59.2 cm³/mol. The number of hydrogen-bond donors (Lipinski definition) is 0. The summed E-state index contributed by atoms with van der Waals surface area (Å²) in [5.74, 6) is 0. The van der Waals surface area contributed by atoms with Gasteiger partial charge in [0.15, 0.2) is 0 Å². The van der Waals surface area contributed by atoms with Gasteiger partial charge in [0.25, 0.3) is 5.69 Å². The lowest BCUT2D eigenvalue weighted by Gasteiger charge is -2.04. The Balaban J connectivity index is 2.86. The average molecular weight is 259 g/mol. The molecule has 9 heteroatoms. The van der Waals surface area contributed by atoms with Gasteiger partial charge in [-0.05, 0) is 12.1 Å². The van der Waals surface area contributed by atoms with Crippen molar-refractivity contribution in [1.82, 2.24) is 0 Å². The third-order valence-electron chi connectivity index (χ3n) is 1.79. The Kier molecular flexibility index (Phi) is 4.45. The topological polar surface area (TPSA) is 103 Å². The minimum atomic E-state index is -3.55. The molecule has 0 atom stereocenters. The predicted octanol–water partition coefficient (Wildman–Crippen LogP) is 3.08. The van der Waals surface area contributed by atoms with Crippen LogP contribution in [0.25, 0.3) is 0 Å². The summed E-state index contributed by atoms with van der Waals surface area (Å²) in [5.41, 5.74) is 0.246. The third-order valence-corrected chi connectivity index (χ3v) is 3.02. The van der Waals surface area contributed by atoms with E-state index in [0.717, 1.165) is 0 Å². The molecule has 0 unspecified atom stereocenters. The molecule has 0 aliphatic rings. The highest BCUT2D eigenvalue weighted by molar-refractivity contribution is 7.52. The lowest BCUT2D eigenvalue weighted by atomic mass is 10.3. The summed E-state index contributed by atoms with van der Waals surface area (Å²) < 4.78 is 20.6. The molecule has 0 N–H and O–H groups in total. The maximum Gasteiger partial charge on any atom is 0.471 e. The van der Waals surface area contributed by atoms with E-state index >= 15 is 0 Å². The van der Waals surface area contributed by atoms with Crippen molar-refractivity contribution in [3.8, 4) is 0 Å². The molecule has 1 aromatic carbocycles. The van der Waals surface area contributed by atoms with Crippen LogP contribution in [-0.2, 0) is 13.6 Å². The molecule has 0 aliphatic heterocycles. The standard InChI is InChI=1S/C8H10N3O5P/c1-15-17(14,16-2)10-9-7-3-5-8(6-4-7)11(12)13/h3-6H,1-2H3. The van der Waals surface area contributed by atoms with Gasteiger partial charge in [0, 0.05) is 26.4 Å². The fourth-order valence-electron chi connectivity index (χ4n) is 0.895. The minimum absolute atomic E-state index is 0.0642. The van der Waals surface area contributed by atoms with E-state index in [9.17, 15) is 14.7 Å². The first-order valence-electron chi connectivity index (χ1n) is 4.40. The van der Waals surface area contributed by atoms with Crippen LogP contribution in [-0.4, -0.2) is 19.1 Å². The van der Waals surface area contributed by atoms with Gasteiger partial charge in [-0.1, -0.05) is 4.88 Å². The van der Waals surface area contributed by atoms with Crippen molar-refractivity contribution in [3.63, 3.8) is 0 Å². The van der Waals surface area contributed by atoms with Crippen molar-refractivity contribution < 1.29 is 18.5 Å². The molecule has 0 saturated carbocycles. The van der Waals surface area contributed by atoms with Crippen molar-refractivity contribution in [2.75, 3.05) is 14.2 Å². The van der Waals surface area contributed by atoms with E-state index in [0.29, 0.717) is 5.69 Å². The van der Waals surface area contributed by atoms with Crippen LogP contribution >= 0.6 is 7.75 Å². The van der Waals surface area contributed by atoms with Crippen molar-refractivity contribution in [2.45, 2.75) is 0 Å². The molecule has 0 amide bonds. The van der Waals surface area contributed by atoms with E-state index in [1.54, 1.807) is 0 Å². The molecule has 1 rings (SSSR count). The highest BCUT2D eigenvalue weighted by Gasteiger charge is 2.19. The van der Waals surface area contributed by atoms with Gasteiger partial charge in [0.2, 0.25) is 0 Å². The van der Waals surface area contributed by atoms with Crippen molar-refractivity contribution >= 4 is 19.1 Å². The molecule has 0 heterocycles. The monoisotopic (exact) mass is 259 g/mol. The molecule has 92 valence electrons. The molecule has 0 saturated heterocycles. The van der Waals surface area contributed by atoms with Crippen LogP contribution in [0.15, 0.2) is 34.3 Å². The van der Waals surface area contributed by atoms with Gasteiger partial charge in [0.1, 0.15) is 0 Å². The highest BCUT2D eigenvalue weighted by atomic mass is 31.2. The van der Waals surface area contributed by atoms with Crippen molar-refractivity contribution in [1.29, 1.82) is 0 Å². The highest BCUT2D eigenvalue weighted by Crippen LogP contribution is 2.48. The van der Waals surface area contributed by atoms with Crippen molar-refractivity contribution in [3.05, 3.63) is 34.4 Å². The average Bonchev–Trinajstić information content (AvgIpc) is 2.36. The van der Waals surface area contributed by atoms with E-state index in [1.165, 1.54) is 38.5 Å². The van der Waals surface area contributed by atoms with Gasteiger partial charge in [-0.15, -0.1) is 5.11 Å². The van der Waals surface area contributed by atoms with Crippen LogP contribution < -0.4 is 0 Å². The zero-order valence-electron chi connectivity index (χ0n) is 9.14. The summed E-state index contributed by atoms with van der Waals surface area (Å²) in [6.45, 7) is 0. The molecule has 0 aromatic heterocycles. The quantitative estimate of drug-likeness (QED) is 0.349. The first-order chi connectivity index (χ1) is 8.00. The molecular weight excluding hydrogens is 249 g/mol. The maximum atomic E-state index is 11.5. The van der Waals surface area contributed by atoms with Crippen LogP contribution in [0, 0.1) is 10.1 Å². The number of nitrogens with zero attached hydrogens (tertiary/aromatic N) is 3. The van der Waals surface area contributed by atoms with E-state index in [1.807, 2.05) is 0 Å². The Hall–Kier alpha value is -1.63. The van der Waals surface area contributed by atoms with E-state index in [2.05, 4.69) is 19.0 Å². The second-order valence-corrected chi connectivity index (χ2v) is 4.64. The molecule has 0 radical (unpaired) electrons. The second-order valence-electron chi connectivity index (χ2n) is 2.80. The number of benzene rings is 1. The van der Waals surface area contributed by atoms with Gasteiger partial charge in [-0.2, -0.15) is 0 Å². The fourth-order valence-corrected chi connectivity index (χ4v) is 1.40. The minimum Gasteiger partial charge on any atom is -0.293 e. The van der Waals surface area contributed by atoms with Crippen molar-refractivity contribution in [2.24, 2.45) is 10.00 Å². The lowest BCUT2D eigenvalue weighted by molar-refractivity contribution is -0.384. The van der Waals surface area contributed by atoms with E-state index in [-0.39, 0.29) is 5.69 Å². The summed E-state index contributed by atoms with van der Waals surface area (Å²) in [5, 5.41) is 14.0. The molecular formula is C8H10N3O5P. The summed E-state index contributed by atoms with van der Waals surface area (Å²) in [7, 11) is -1.19. The summed E-state index contributed by atoms with van der Waals surface area (Å²) >= 11 is 0. The number of hydrogen-bond acceptors (Lipinski definition) is 6. The summed E-state index contributed by atoms with van der Waals surface area (Å²) in [6.07, 6.45) is 0. The molecule has 17 heavy (non-hydrogen) atoms. The van der Waals surface area contributed by atoms with Crippen LogP contribution in [0.5, 0.6) is 0 Å². The smallest absolute Gasteiger partial charge is 0.293 e. The summed E-state index contributed by atoms with van der Waals surface area (Å²) in [4.78, 5) is 13.3. The molecule has 1 aromatic rings. The third kappa shape index (κ3) is 3.70. The maximum absolute atomic E-state index is 11.5. The Bertz CT molecular complexity index is 465. The SMILES string of the molecule is COP(=O)(N=Nc1ccc([N+](=O)[O-])cc1)OC. The van der Waals surface area contributed by atoms with Gasteiger partial charge in [-0.25, -0.2) is 4.57 Å². The zero-order valence-corrected chi connectivity index (χ0v) is 10.0. The first-order valence-corrected chi connectivity index (χ1v) is 5.89. The molecule has 0 spiro atoms. The normalized spacial score (nSPS) is 11.9. The van der Waals surface area contributed by atoms with E-state index in [4.69, 9.17) is 0 Å². The first kappa shape index (κ1) is 13.4. The van der Waals surface area contributed by atoms with Crippen LogP contribution in [0.2, 0.25) is 0 Å². The van der Waals surface area contributed by atoms with Gasteiger partial charge >= 0.3 is 7.75 Å². The van der Waals surface area contributed by atoms with Gasteiger partial charge in [0.05, 0.1) is 10.6 Å². The zero-order chi connectivity index (χ0) is 12.9. The Morgan fingerprint density at radius 3 is 2.18 bits per heavy atom. The number of nitro groups is 1. The summed E-state index contributed by atoms with van der Waals surface area (Å²) in [6, 6.07) is 5.27. The Morgan fingerprint density at radius 1 is 1.24 bits per heavy atom. The largest absolute Gasteiger partial charge is 0.471 e. The number of rotatable bonds is 5.